The van der Waals surface area contributed by atoms with E-state index < -0.39 is 0 Å². The van der Waals surface area contributed by atoms with Gasteiger partial charge in [0.25, 0.3) is 0 Å². The molecule has 0 aliphatic rings. The first-order chi connectivity index (χ1) is 66.9. The number of hydrogen-bond acceptors (Lipinski definition) is 8. The summed E-state index contributed by atoms with van der Waals surface area (Å²) in [4.78, 5) is 18.8. The van der Waals surface area contributed by atoms with Crippen molar-refractivity contribution in [1.82, 2.24) is 23.7 Å². The number of rotatable bonds is 17. The summed E-state index contributed by atoms with van der Waals surface area (Å²) in [7, 11) is 0. The van der Waals surface area contributed by atoms with Gasteiger partial charge in [-0.3, -0.25) is 0 Å². The Morgan fingerprint density at radius 3 is 0.889 bits per heavy atom. The van der Waals surface area contributed by atoms with E-state index >= 15 is 0 Å². The van der Waals surface area contributed by atoms with E-state index in [9.17, 15) is 0 Å². The summed E-state index contributed by atoms with van der Waals surface area (Å²) in [5, 5.41) is 13.2. The second-order valence-electron chi connectivity index (χ2n) is 34.7. The molecule has 11 nitrogen and oxygen atoms in total. The van der Waals surface area contributed by atoms with Crippen LogP contribution in [0.4, 0.5) is 51.2 Å². The predicted molar refractivity (Wildman–Crippen MR) is 558 cm³/mol. The molecule has 0 spiro atoms. The average Bonchev–Trinajstić information content (AvgIpc) is 1.60. The largest absolute Gasteiger partial charge is 0.455 e. The Balaban J connectivity index is 0.657. The second kappa shape index (κ2) is 31.2. The summed E-state index contributed by atoms with van der Waals surface area (Å²) in [5.74, 6) is 0.530. The Kier molecular flexibility index (Phi) is 17.7. The van der Waals surface area contributed by atoms with Crippen molar-refractivity contribution in [2.45, 2.75) is 0 Å². The topological polar surface area (TPSA) is 89.7 Å². The van der Waals surface area contributed by atoms with E-state index in [1.807, 2.05) is 30.3 Å². The molecule has 0 aliphatic heterocycles. The third kappa shape index (κ3) is 12.7. The first kappa shape index (κ1) is 76.7. The van der Waals surface area contributed by atoms with Gasteiger partial charge in [0.05, 0.1) is 50.2 Å². The van der Waals surface area contributed by atoms with Crippen LogP contribution < -0.4 is 14.7 Å². The molecule has 632 valence electrons. The first-order valence-electron chi connectivity index (χ1n) is 45.7. The number of hydrogen-bond donors (Lipinski definition) is 0. The third-order valence-electron chi connectivity index (χ3n) is 27.0. The van der Waals surface area contributed by atoms with Crippen molar-refractivity contribution in [2.24, 2.45) is 0 Å². The fourth-order valence-corrected chi connectivity index (χ4v) is 20.9. The summed E-state index contributed by atoms with van der Waals surface area (Å²) >= 11 is 0. The molecule has 0 unspecified atom stereocenters. The van der Waals surface area contributed by atoms with Crippen LogP contribution in [0.1, 0.15) is 0 Å². The Bertz CT molecular complexity index is 9030. The molecule has 11 heteroatoms. The van der Waals surface area contributed by atoms with E-state index in [0.29, 0.717) is 5.82 Å². The van der Waals surface area contributed by atoms with Crippen LogP contribution in [0.15, 0.2) is 486 Å². The maximum atomic E-state index is 7.05. The highest BCUT2D eigenvalue weighted by Gasteiger charge is 2.28. The fourth-order valence-electron chi connectivity index (χ4n) is 20.9. The third-order valence-corrected chi connectivity index (χ3v) is 27.0. The normalized spacial score (nSPS) is 11.9. The summed E-state index contributed by atoms with van der Waals surface area (Å²) in [6, 6.07) is 169. The molecule has 20 aromatic carbocycles. The quantitative estimate of drug-likeness (QED) is 0.0891. The van der Waals surface area contributed by atoms with Gasteiger partial charge < -0.3 is 41.7 Å². The lowest BCUT2D eigenvalue weighted by molar-refractivity contribution is 0.669. The minimum atomic E-state index is 0.530. The van der Waals surface area contributed by atoms with Crippen LogP contribution in [0.5, 0.6) is 0 Å². The van der Waals surface area contributed by atoms with E-state index in [2.05, 4.69) is 471 Å². The number of anilines is 9. The van der Waals surface area contributed by atoms with Crippen molar-refractivity contribution in [3.63, 3.8) is 0 Å². The van der Waals surface area contributed by atoms with Crippen LogP contribution in [0.25, 0.3) is 204 Å². The zero-order valence-electron chi connectivity index (χ0n) is 72.8. The molecule has 0 amide bonds. The van der Waals surface area contributed by atoms with E-state index in [4.69, 9.17) is 23.2 Å². The number of furan rings is 3. The van der Waals surface area contributed by atoms with Gasteiger partial charge in [0, 0.05) is 155 Å². The molecule has 0 fully saturated rings. The lowest BCUT2D eigenvalue weighted by Crippen LogP contribution is -2.11. The Morgan fingerprint density at radius 1 is 0.178 bits per heavy atom. The summed E-state index contributed by atoms with van der Waals surface area (Å²) in [6.07, 6.45) is 0. The van der Waals surface area contributed by atoms with Crippen LogP contribution in [-0.4, -0.2) is 23.7 Å². The lowest BCUT2D eigenvalue weighted by atomic mass is 10.0. The molecule has 0 saturated carbocycles. The number of para-hydroxylation sites is 12. The molecule has 27 rings (SSSR count). The molecular weight excluding hydrogens is 1650 g/mol. The highest BCUT2D eigenvalue weighted by Crippen LogP contribution is 2.50. The highest BCUT2D eigenvalue weighted by atomic mass is 16.3. The fraction of sp³-hybridized carbons (Fsp3) is 0. The molecular formula is C124H78N8O3. The Labute approximate surface area is 775 Å². The Morgan fingerprint density at radius 2 is 0.474 bits per heavy atom. The van der Waals surface area contributed by atoms with E-state index in [1.165, 1.54) is 0 Å². The summed E-state index contributed by atoms with van der Waals surface area (Å²) < 4.78 is 27.6. The van der Waals surface area contributed by atoms with E-state index in [0.717, 1.165) is 250 Å². The SMILES string of the molecule is c1ccc(-n2c3ccccc3c3cc(N(c4ccc(-c5cccc6c5oc5ccccc56)cc4)c4cccc(-c5cc(-c6cccc(N(c7ccc(-c8cccc9c8oc8ccccc89)cc7)c7ccc8c(c7)c7ccccc7n8-c7ccccc7)c6)nc(-c6cccc(N(c7ccc8c(c7)c7ccccc7n8-c7ccccc7)c7cccc8c7oc7ccccc78)c6)n5)c4)ccc32)cc1. The molecule has 0 bridgehead atoms. The van der Waals surface area contributed by atoms with E-state index in [1.54, 1.807) is 0 Å². The van der Waals surface area contributed by atoms with Crippen LogP contribution in [0.2, 0.25) is 0 Å². The average molecular weight is 1730 g/mol. The summed E-state index contributed by atoms with van der Waals surface area (Å²) in [5.41, 5.74) is 31.5. The van der Waals surface area contributed by atoms with Crippen LogP contribution in [-0.2, 0) is 0 Å². The maximum Gasteiger partial charge on any atom is 0.160 e. The van der Waals surface area contributed by atoms with Crippen LogP contribution >= 0.6 is 0 Å². The monoisotopic (exact) mass is 1730 g/mol. The standard InChI is InChI=1S/C124H78N8O3/c1-4-31-84(32-5-1)130-111-51-16-10-40-97(111)106-75-92(66-69-114(106)130)127(87-62-58-79(59-63-87)95-46-25-48-103-100-43-13-19-55-118(100)133-121(95)103)89-37-22-28-81(72-89)109-78-110(126-124(125-109)83-30-24-39-91(74-83)129(117-54-27-50-105-102-45-15-21-57-120(102)135-123(105)117)94-68-71-116-108(77-94)99-42-12-18-53-113(99)132(116)86-35-8-3-9-36-86)82-29-23-38-90(73-82)128(88-64-60-80(61-65-88)96-47-26-49-104-101-44-14-20-56-119(101)134-122(96)104)93-67-70-115-107(76-93)98-41-11-17-52-112(98)131(115)85-33-6-2-7-34-85/h1-78H. The maximum absolute atomic E-state index is 7.05. The Hall–Kier alpha value is -18.3. The van der Waals surface area contributed by atoms with Crippen LogP contribution in [0.3, 0.4) is 0 Å². The van der Waals surface area contributed by atoms with E-state index in [-0.39, 0.29) is 0 Å². The van der Waals surface area contributed by atoms with Gasteiger partial charge in [-0.25, -0.2) is 9.97 Å². The van der Waals surface area contributed by atoms with Crippen molar-refractivity contribution in [2.75, 3.05) is 14.7 Å². The minimum absolute atomic E-state index is 0.530. The highest BCUT2D eigenvalue weighted by molar-refractivity contribution is 6.17. The van der Waals surface area contributed by atoms with Crippen molar-refractivity contribution in [3.8, 4) is 73.2 Å². The molecule has 0 radical (unpaired) electrons. The van der Waals surface area contributed by atoms with Gasteiger partial charge in [-0.2, -0.15) is 0 Å². The second-order valence-corrected chi connectivity index (χ2v) is 34.7. The molecule has 7 aromatic heterocycles. The van der Waals surface area contributed by atoms with Crippen LogP contribution in [0, 0.1) is 0 Å². The number of fused-ring (bicyclic) bond motifs is 18. The smallest absolute Gasteiger partial charge is 0.160 e. The molecule has 7 heterocycles. The van der Waals surface area contributed by atoms with Gasteiger partial charge in [0.1, 0.15) is 27.9 Å². The van der Waals surface area contributed by atoms with Crippen molar-refractivity contribution >= 4 is 182 Å². The van der Waals surface area contributed by atoms with Crippen molar-refractivity contribution in [1.29, 1.82) is 0 Å². The van der Waals surface area contributed by atoms with Crippen molar-refractivity contribution in [3.05, 3.63) is 473 Å². The molecule has 0 saturated heterocycles. The van der Waals surface area contributed by atoms with Gasteiger partial charge >= 0.3 is 0 Å². The lowest BCUT2D eigenvalue weighted by Gasteiger charge is -2.27. The predicted octanol–water partition coefficient (Wildman–Crippen LogP) is 34.2. The first-order valence-corrected chi connectivity index (χ1v) is 45.7. The van der Waals surface area contributed by atoms with Crippen molar-refractivity contribution < 1.29 is 13.3 Å². The number of aromatic nitrogens is 5. The van der Waals surface area contributed by atoms with Gasteiger partial charge in [-0.05, 0) is 211 Å². The minimum Gasteiger partial charge on any atom is -0.455 e. The molecule has 0 atom stereocenters. The molecule has 0 aliphatic carbocycles. The van der Waals surface area contributed by atoms with Gasteiger partial charge in [0.2, 0.25) is 0 Å². The zero-order valence-corrected chi connectivity index (χ0v) is 72.8. The summed E-state index contributed by atoms with van der Waals surface area (Å²) in [6.45, 7) is 0. The molecule has 27 aromatic rings. The number of benzene rings is 20. The van der Waals surface area contributed by atoms with Gasteiger partial charge in [-0.1, -0.05) is 273 Å². The number of nitrogens with zero attached hydrogens (tertiary/aromatic N) is 8. The van der Waals surface area contributed by atoms with Gasteiger partial charge in [0.15, 0.2) is 11.4 Å². The van der Waals surface area contributed by atoms with Gasteiger partial charge in [-0.15, -0.1) is 0 Å². The zero-order chi connectivity index (χ0) is 88.7. The molecule has 135 heavy (non-hydrogen) atoms. The molecule has 0 N–H and O–H groups in total.